The number of rotatable bonds is 7. The van der Waals surface area contributed by atoms with Crippen LogP contribution in [0.4, 0.5) is 0 Å². The van der Waals surface area contributed by atoms with Crippen molar-refractivity contribution in [3.05, 3.63) is 65.0 Å². The fraction of sp³-hybridized carbons (Fsp3) is 0.435. The van der Waals surface area contributed by atoms with Gasteiger partial charge in [0.2, 0.25) is 0 Å². The van der Waals surface area contributed by atoms with Crippen LogP contribution < -0.4 is 5.32 Å². The number of pyridine rings is 1. The van der Waals surface area contributed by atoms with Gasteiger partial charge in [-0.2, -0.15) is 0 Å². The van der Waals surface area contributed by atoms with Gasteiger partial charge in [0.25, 0.3) is 11.8 Å². The summed E-state index contributed by atoms with van der Waals surface area (Å²) in [7, 11) is 1.65. The Hall–Kier alpha value is -2.73. The highest BCUT2D eigenvalue weighted by Gasteiger charge is 2.28. The molecular formula is C23H29N3O3. The van der Waals surface area contributed by atoms with Crippen LogP contribution in [0.2, 0.25) is 0 Å². The van der Waals surface area contributed by atoms with Crippen molar-refractivity contribution in [3.63, 3.8) is 0 Å². The molecule has 0 radical (unpaired) electrons. The standard InChI is InChI=1S/C23H29N3O3/c1-17-9-10-20(22(27)24-13-6-16-29-2)21(25-17)18-11-14-26(15-12-18)23(28)19-7-4-3-5-8-19/h3-5,7-10,18H,6,11-16H2,1-2H3,(H,24,27). The van der Waals surface area contributed by atoms with Gasteiger partial charge in [0.05, 0.1) is 11.3 Å². The van der Waals surface area contributed by atoms with E-state index in [1.54, 1.807) is 7.11 Å². The minimum atomic E-state index is -0.0913. The van der Waals surface area contributed by atoms with Crippen LogP contribution in [0.15, 0.2) is 42.5 Å². The summed E-state index contributed by atoms with van der Waals surface area (Å²) in [5.41, 5.74) is 3.11. The van der Waals surface area contributed by atoms with E-state index in [-0.39, 0.29) is 17.7 Å². The van der Waals surface area contributed by atoms with Crippen molar-refractivity contribution >= 4 is 11.8 Å². The molecule has 6 nitrogen and oxygen atoms in total. The van der Waals surface area contributed by atoms with Crippen LogP contribution in [0.5, 0.6) is 0 Å². The summed E-state index contributed by atoms with van der Waals surface area (Å²) in [6.07, 6.45) is 2.38. The summed E-state index contributed by atoms with van der Waals surface area (Å²) in [5, 5.41) is 2.96. The molecule has 1 aliphatic rings. The molecule has 1 saturated heterocycles. The highest BCUT2D eigenvalue weighted by Crippen LogP contribution is 2.30. The van der Waals surface area contributed by atoms with Crippen LogP contribution in [-0.2, 0) is 4.74 Å². The molecule has 0 atom stereocenters. The molecule has 0 saturated carbocycles. The first-order valence-electron chi connectivity index (χ1n) is 10.2. The van der Waals surface area contributed by atoms with Crippen molar-refractivity contribution in [3.8, 4) is 0 Å². The number of methoxy groups -OCH3 is 1. The normalized spacial score (nSPS) is 14.6. The quantitative estimate of drug-likeness (QED) is 0.731. The van der Waals surface area contributed by atoms with Gasteiger partial charge in [-0.05, 0) is 50.5 Å². The third-order valence-corrected chi connectivity index (χ3v) is 5.31. The molecule has 2 amide bonds. The molecule has 1 fully saturated rings. The Morgan fingerprint density at radius 3 is 2.55 bits per heavy atom. The van der Waals surface area contributed by atoms with E-state index in [1.807, 2.05) is 54.3 Å². The van der Waals surface area contributed by atoms with Crippen molar-refractivity contribution < 1.29 is 14.3 Å². The molecule has 6 heteroatoms. The summed E-state index contributed by atoms with van der Waals surface area (Å²) in [5.74, 6) is 0.151. The molecule has 1 aromatic carbocycles. The summed E-state index contributed by atoms with van der Waals surface area (Å²) in [4.78, 5) is 32.0. The number of piperidine rings is 1. The summed E-state index contributed by atoms with van der Waals surface area (Å²) < 4.78 is 5.03. The SMILES string of the molecule is COCCCNC(=O)c1ccc(C)nc1C1CCN(C(=O)c2ccccc2)CC1. The number of carbonyl (C=O) groups excluding carboxylic acids is 2. The number of hydrogen-bond acceptors (Lipinski definition) is 4. The zero-order valence-corrected chi connectivity index (χ0v) is 17.2. The van der Waals surface area contributed by atoms with E-state index in [2.05, 4.69) is 5.32 Å². The first kappa shape index (κ1) is 21.0. The Morgan fingerprint density at radius 1 is 1.14 bits per heavy atom. The Kier molecular flexibility index (Phi) is 7.36. The van der Waals surface area contributed by atoms with Gasteiger partial charge in [-0.25, -0.2) is 0 Å². The molecule has 0 bridgehead atoms. The lowest BCUT2D eigenvalue weighted by Crippen LogP contribution is -2.38. The minimum absolute atomic E-state index is 0.0670. The second kappa shape index (κ2) is 10.2. The predicted molar refractivity (Wildman–Crippen MR) is 112 cm³/mol. The molecule has 0 aliphatic carbocycles. The van der Waals surface area contributed by atoms with Gasteiger partial charge < -0.3 is 15.0 Å². The van der Waals surface area contributed by atoms with Crippen LogP contribution >= 0.6 is 0 Å². The molecule has 0 unspecified atom stereocenters. The number of aromatic nitrogens is 1. The van der Waals surface area contributed by atoms with Crippen LogP contribution in [0.1, 0.15) is 57.3 Å². The van der Waals surface area contributed by atoms with E-state index in [1.165, 1.54) is 0 Å². The highest BCUT2D eigenvalue weighted by molar-refractivity contribution is 5.95. The summed E-state index contributed by atoms with van der Waals surface area (Å²) in [6.45, 7) is 4.47. The van der Waals surface area contributed by atoms with Crippen molar-refractivity contribution in [1.29, 1.82) is 0 Å². The van der Waals surface area contributed by atoms with Gasteiger partial charge >= 0.3 is 0 Å². The van der Waals surface area contributed by atoms with E-state index in [0.717, 1.165) is 36.2 Å². The third-order valence-electron chi connectivity index (χ3n) is 5.31. The number of nitrogens with zero attached hydrogens (tertiary/aromatic N) is 2. The first-order chi connectivity index (χ1) is 14.1. The second-order valence-electron chi connectivity index (χ2n) is 7.42. The van der Waals surface area contributed by atoms with E-state index in [9.17, 15) is 9.59 Å². The number of likely N-dealkylation sites (tertiary alicyclic amines) is 1. The zero-order valence-electron chi connectivity index (χ0n) is 17.2. The molecule has 1 N–H and O–H groups in total. The predicted octanol–water partition coefficient (Wildman–Crippen LogP) is 3.18. The Balaban J connectivity index is 1.66. The van der Waals surface area contributed by atoms with E-state index < -0.39 is 0 Å². The zero-order chi connectivity index (χ0) is 20.6. The smallest absolute Gasteiger partial charge is 0.253 e. The van der Waals surface area contributed by atoms with Crippen LogP contribution in [0.3, 0.4) is 0 Å². The fourth-order valence-corrected chi connectivity index (χ4v) is 3.71. The van der Waals surface area contributed by atoms with E-state index >= 15 is 0 Å². The number of hydrogen-bond donors (Lipinski definition) is 1. The summed E-state index contributed by atoms with van der Waals surface area (Å²) in [6, 6.07) is 13.1. The molecule has 154 valence electrons. The largest absolute Gasteiger partial charge is 0.385 e. The van der Waals surface area contributed by atoms with Crippen molar-refractivity contribution in [2.45, 2.75) is 32.1 Å². The van der Waals surface area contributed by atoms with Gasteiger partial charge in [-0.15, -0.1) is 0 Å². The maximum atomic E-state index is 12.7. The highest BCUT2D eigenvalue weighted by atomic mass is 16.5. The van der Waals surface area contributed by atoms with Crippen molar-refractivity contribution in [2.24, 2.45) is 0 Å². The second-order valence-corrected chi connectivity index (χ2v) is 7.42. The number of nitrogens with one attached hydrogen (secondary N) is 1. The number of benzene rings is 1. The van der Waals surface area contributed by atoms with E-state index in [0.29, 0.717) is 31.8 Å². The van der Waals surface area contributed by atoms with Gasteiger partial charge in [0, 0.05) is 50.5 Å². The summed E-state index contributed by atoms with van der Waals surface area (Å²) >= 11 is 0. The molecule has 2 heterocycles. The lowest BCUT2D eigenvalue weighted by Gasteiger charge is -2.32. The van der Waals surface area contributed by atoms with Gasteiger partial charge in [-0.3, -0.25) is 14.6 Å². The molecule has 0 spiro atoms. The monoisotopic (exact) mass is 395 g/mol. The number of amides is 2. The van der Waals surface area contributed by atoms with Gasteiger partial charge in [-0.1, -0.05) is 18.2 Å². The van der Waals surface area contributed by atoms with Gasteiger partial charge in [0.15, 0.2) is 0 Å². The minimum Gasteiger partial charge on any atom is -0.385 e. The molecule has 1 aromatic heterocycles. The number of aryl methyl sites for hydroxylation is 1. The average Bonchev–Trinajstić information content (AvgIpc) is 2.77. The number of carbonyl (C=O) groups is 2. The molecular weight excluding hydrogens is 366 g/mol. The van der Waals surface area contributed by atoms with E-state index in [4.69, 9.17) is 9.72 Å². The van der Waals surface area contributed by atoms with Crippen molar-refractivity contribution in [2.75, 3.05) is 33.4 Å². The topological polar surface area (TPSA) is 71.5 Å². The molecule has 3 rings (SSSR count). The Morgan fingerprint density at radius 2 is 1.86 bits per heavy atom. The Labute approximate surface area is 172 Å². The fourth-order valence-electron chi connectivity index (χ4n) is 3.71. The molecule has 29 heavy (non-hydrogen) atoms. The van der Waals surface area contributed by atoms with Crippen LogP contribution in [-0.4, -0.2) is 55.0 Å². The number of ether oxygens (including phenoxy) is 1. The van der Waals surface area contributed by atoms with Crippen LogP contribution in [0, 0.1) is 6.92 Å². The lowest BCUT2D eigenvalue weighted by molar-refractivity contribution is 0.0710. The lowest BCUT2D eigenvalue weighted by atomic mass is 9.89. The molecule has 2 aromatic rings. The first-order valence-corrected chi connectivity index (χ1v) is 10.2. The maximum Gasteiger partial charge on any atom is 0.253 e. The van der Waals surface area contributed by atoms with Crippen LogP contribution in [0.25, 0.3) is 0 Å². The van der Waals surface area contributed by atoms with Gasteiger partial charge in [0.1, 0.15) is 0 Å². The third kappa shape index (κ3) is 5.41. The van der Waals surface area contributed by atoms with Crippen molar-refractivity contribution in [1.82, 2.24) is 15.2 Å². The maximum absolute atomic E-state index is 12.7. The Bertz CT molecular complexity index is 831. The molecule has 1 aliphatic heterocycles. The average molecular weight is 396 g/mol.